The Morgan fingerprint density at radius 2 is 2.00 bits per heavy atom. The van der Waals surface area contributed by atoms with Crippen molar-refractivity contribution < 1.29 is 9.90 Å². The van der Waals surface area contributed by atoms with Gasteiger partial charge in [-0.15, -0.1) is 10.2 Å². The largest absolute Gasteiger partial charge is 0.505 e. The van der Waals surface area contributed by atoms with E-state index < -0.39 is 0 Å². The summed E-state index contributed by atoms with van der Waals surface area (Å²) in [4.78, 5) is 18.4. The van der Waals surface area contributed by atoms with Crippen LogP contribution in [0.5, 0.6) is 5.75 Å². The molecule has 10 heteroatoms. The minimum atomic E-state index is -0.331. The highest BCUT2D eigenvalue weighted by atomic mass is 16.3. The number of aliphatic imine (C=N–C) groups is 1. The van der Waals surface area contributed by atoms with Crippen LogP contribution < -0.4 is 10.3 Å². The van der Waals surface area contributed by atoms with Gasteiger partial charge >= 0.3 is 5.91 Å². The number of benzene rings is 2. The van der Waals surface area contributed by atoms with Gasteiger partial charge in [0.15, 0.2) is 5.82 Å². The molecule has 2 aliphatic rings. The fourth-order valence-electron chi connectivity index (χ4n) is 4.62. The van der Waals surface area contributed by atoms with Gasteiger partial charge in [-0.25, -0.2) is 10.1 Å². The summed E-state index contributed by atoms with van der Waals surface area (Å²) in [7, 11) is 0. The molecule has 174 valence electrons. The van der Waals surface area contributed by atoms with Crippen LogP contribution in [0.3, 0.4) is 0 Å². The van der Waals surface area contributed by atoms with E-state index in [9.17, 15) is 9.90 Å². The number of tetrazole rings is 1. The van der Waals surface area contributed by atoms with Crippen LogP contribution in [-0.4, -0.2) is 43.8 Å². The van der Waals surface area contributed by atoms with Crippen molar-refractivity contribution >= 4 is 29.5 Å². The molecule has 0 bridgehead atoms. The second-order valence-corrected chi connectivity index (χ2v) is 8.83. The summed E-state index contributed by atoms with van der Waals surface area (Å²) < 4.78 is 0. The van der Waals surface area contributed by atoms with Gasteiger partial charge in [-0.2, -0.15) is 0 Å². The summed E-state index contributed by atoms with van der Waals surface area (Å²) in [6.45, 7) is 4.02. The third-order valence-electron chi connectivity index (χ3n) is 6.69. The number of phenolic OH excluding ortho intramolecular Hbond substituents is 1. The first-order valence-corrected chi connectivity index (χ1v) is 11.4. The molecule has 0 radical (unpaired) electrons. The number of nitrogens with zero attached hydrogens (tertiary/aromatic N) is 6. The lowest BCUT2D eigenvalue weighted by Gasteiger charge is -2.28. The van der Waals surface area contributed by atoms with Crippen LogP contribution in [0.4, 0.5) is 11.4 Å². The summed E-state index contributed by atoms with van der Waals surface area (Å²) in [5, 5.41) is 29.5. The van der Waals surface area contributed by atoms with Crippen LogP contribution in [-0.2, 0) is 4.79 Å². The average molecular weight is 459 g/mol. The summed E-state index contributed by atoms with van der Waals surface area (Å²) in [5.41, 5.74) is 7.09. The van der Waals surface area contributed by atoms with Gasteiger partial charge in [0.05, 0.1) is 11.4 Å². The smallest absolute Gasteiger partial charge is 0.303 e. The molecule has 1 aromatic heterocycles. The Balaban J connectivity index is 1.31. The van der Waals surface area contributed by atoms with Gasteiger partial charge in [-0.1, -0.05) is 24.6 Å². The number of carbonyl (C=O) groups is 1. The van der Waals surface area contributed by atoms with Crippen molar-refractivity contribution in [3.63, 3.8) is 0 Å². The molecular formula is C24H26N8O2. The van der Waals surface area contributed by atoms with E-state index in [1.807, 2.05) is 44.2 Å². The molecule has 1 fully saturated rings. The van der Waals surface area contributed by atoms with Gasteiger partial charge in [0.1, 0.15) is 12.1 Å². The van der Waals surface area contributed by atoms with Crippen LogP contribution >= 0.6 is 0 Å². The number of amides is 1. The lowest BCUT2D eigenvalue weighted by molar-refractivity contribution is -0.111. The van der Waals surface area contributed by atoms with Crippen LogP contribution in [0.15, 0.2) is 46.5 Å². The molecule has 1 aliphatic carbocycles. The molecule has 0 saturated heterocycles. The molecule has 0 spiro atoms. The SMILES string of the molecule is Cc1ccc(N2C=N/C(=N/Nc3cccc(C4CCCC(c5nnn[nH]5)C4)c3O)C2=O)cc1C. The van der Waals surface area contributed by atoms with Gasteiger partial charge in [-0.3, -0.25) is 15.1 Å². The zero-order chi connectivity index (χ0) is 23.7. The Morgan fingerprint density at radius 3 is 2.79 bits per heavy atom. The zero-order valence-corrected chi connectivity index (χ0v) is 19.1. The number of aromatic hydroxyl groups is 1. The highest BCUT2D eigenvalue weighted by molar-refractivity contribution is 6.51. The number of aromatic nitrogens is 4. The topological polar surface area (TPSA) is 132 Å². The van der Waals surface area contributed by atoms with E-state index >= 15 is 0 Å². The summed E-state index contributed by atoms with van der Waals surface area (Å²) >= 11 is 0. The number of carbonyl (C=O) groups excluding carboxylic acids is 1. The van der Waals surface area contributed by atoms with E-state index in [2.05, 4.69) is 36.1 Å². The van der Waals surface area contributed by atoms with Crippen LogP contribution in [0.1, 0.15) is 60.0 Å². The van der Waals surface area contributed by atoms with E-state index in [0.29, 0.717) is 5.69 Å². The van der Waals surface area contributed by atoms with Crippen LogP contribution in [0.25, 0.3) is 0 Å². The molecule has 1 saturated carbocycles. The molecule has 3 N–H and O–H groups in total. The fraction of sp³-hybridized carbons (Fsp3) is 0.333. The number of aryl methyl sites for hydroxylation is 2. The van der Waals surface area contributed by atoms with Gasteiger partial charge in [0.25, 0.3) is 0 Å². The van der Waals surface area contributed by atoms with Crippen molar-refractivity contribution in [1.29, 1.82) is 0 Å². The van der Waals surface area contributed by atoms with E-state index in [4.69, 9.17) is 0 Å². The lowest BCUT2D eigenvalue weighted by Crippen LogP contribution is -2.28. The quantitative estimate of drug-likeness (QED) is 0.394. The molecular weight excluding hydrogens is 432 g/mol. The molecule has 34 heavy (non-hydrogen) atoms. The number of phenols is 1. The monoisotopic (exact) mass is 458 g/mol. The molecule has 2 atom stereocenters. The average Bonchev–Trinajstić information content (AvgIpc) is 3.51. The van der Waals surface area contributed by atoms with E-state index in [0.717, 1.165) is 53.9 Å². The number of hydrogen-bond acceptors (Lipinski definition) is 7. The minimum absolute atomic E-state index is 0.0265. The third kappa shape index (κ3) is 4.14. The Labute approximate surface area is 196 Å². The molecule has 5 rings (SSSR count). The molecule has 2 aromatic carbocycles. The predicted octanol–water partition coefficient (Wildman–Crippen LogP) is 3.76. The van der Waals surface area contributed by atoms with Gasteiger partial charge in [-0.05, 0) is 84.3 Å². The number of anilines is 2. The van der Waals surface area contributed by atoms with Crippen molar-refractivity contribution in [2.75, 3.05) is 10.3 Å². The minimum Gasteiger partial charge on any atom is -0.505 e. The van der Waals surface area contributed by atoms with Crippen molar-refractivity contribution in [2.24, 2.45) is 10.1 Å². The number of H-pyrrole nitrogens is 1. The number of nitrogens with one attached hydrogen (secondary N) is 2. The van der Waals surface area contributed by atoms with Crippen LogP contribution in [0, 0.1) is 13.8 Å². The predicted molar refractivity (Wildman–Crippen MR) is 129 cm³/mol. The van der Waals surface area contributed by atoms with Crippen molar-refractivity contribution in [3.8, 4) is 5.75 Å². The Hall–Kier alpha value is -4.08. The molecule has 1 aliphatic heterocycles. The number of amidine groups is 1. The highest BCUT2D eigenvalue weighted by Gasteiger charge is 2.29. The maximum Gasteiger partial charge on any atom is 0.303 e. The first-order chi connectivity index (χ1) is 16.5. The molecule has 2 unspecified atom stereocenters. The molecule has 10 nitrogen and oxygen atoms in total. The maximum absolute atomic E-state index is 12.8. The van der Waals surface area contributed by atoms with Crippen molar-refractivity contribution in [2.45, 2.75) is 51.4 Å². The molecule has 2 heterocycles. The highest BCUT2D eigenvalue weighted by Crippen LogP contribution is 2.44. The number of rotatable bonds is 5. The van der Waals surface area contributed by atoms with Gasteiger partial charge < -0.3 is 5.11 Å². The van der Waals surface area contributed by atoms with E-state index in [-0.39, 0.29) is 29.3 Å². The molecule has 1 amide bonds. The third-order valence-corrected chi connectivity index (χ3v) is 6.69. The zero-order valence-electron chi connectivity index (χ0n) is 19.1. The second kappa shape index (κ2) is 9.05. The molecule has 3 aromatic rings. The lowest BCUT2D eigenvalue weighted by atomic mass is 9.77. The number of aromatic amines is 1. The van der Waals surface area contributed by atoms with E-state index in [1.54, 1.807) is 6.07 Å². The fourth-order valence-corrected chi connectivity index (χ4v) is 4.62. The first-order valence-electron chi connectivity index (χ1n) is 11.4. The van der Waals surface area contributed by atoms with Crippen molar-refractivity contribution in [3.05, 3.63) is 58.9 Å². The number of para-hydroxylation sites is 1. The standard InChI is InChI=1S/C24H26N8O2/c1-14-9-10-18(11-15(14)2)32-13-25-23(24(32)34)27-26-20-8-4-7-19(21(20)33)16-5-3-6-17(12-16)22-28-30-31-29-22/h4,7-11,13,16-17,26,33H,3,5-6,12H2,1-2H3,(H,28,29,30,31)/b27-23+. The Bertz CT molecular complexity index is 1270. The summed E-state index contributed by atoms with van der Waals surface area (Å²) in [5.74, 6) is 1.02. The first kappa shape index (κ1) is 21.7. The van der Waals surface area contributed by atoms with Crippen LogP contribution in [0.2, 0.25) is 0 Å². The number of hydrogen-bond donors (Lipinski definition) is 3. The van der Waals surface area contributed by atoms with Gasteiger partial charge in [0, 0.05) is 5.92 Å². The maximum atomic E-state index is 12.8. The van der Waals surface area contributed by atoms with Crippen molar-refractivity contribution in [1.82, 2.24) is 20.6 Å². The second-order valence-electron chi connectivity index (χ2n) is 8.83. The van der Waals surface area contributed by atoms with E-state index in [1.165, 1.54) is 11.2 Å². The normalized spacial score (nSPS) is 21.4. The Morgan fingerprint density at radius 1 is 1.15 bits per heavy atom. The summed E-state index contributed by atoms with van der Waals surface area (Å²) in [6.07, 6.45) is 5.31. The Kier molecular flexibility index (Phi) is 5.79. The number of hydrazone groups is 1. The summed E-state index contributed by atoms with van der Waals surface area (Å²) in [6, 6.07) is 11.3. The van der Waals surface area contributed by atoms with Gasteiger partial charge in [0.2, 0.25) is 5.84 Å².